The third-order valence-electron chi connectivity index (χ3n) is 3.37. The summed E-state index contributed by atoms with van der Waals surface area (Å²) in [5.74, 6) is -0.989. The first-order valence-electron chi connectivity index (χ1n) is 6.30. The van der Waals surface area contributed by atoms with E-state index in [9.17, 15) is 9.59 Å². The first kappa shape index (κ1) is 13.8. The zero-order valence-corrected chi connectivity index (χ0v) is 10.6. The molecule has 17 heavy (non-hydrogen) atoms. The molecule has 0 aromatic carbocycles. The fourth-order valence-electron chi connectivity index (χ4n) is 2.04. The van der Waals surface area contributed by atoms with E-state index in [-0.39, 0.29) is 11.4 Å². The van der Waals surface area contributed by atoms with Gasteiger partial charge in [-0.15, -0.1) is 0 Å². The van der Waals surface area contributed by atoms with Gasteiger partial charge in [0.25, 0.3) is 0 Å². The first-order valence-corrected chi connectivity index (χ1v) is 6.30. The zero-order valence-electron chi connectivity index (χ0n) is 10.6. The number of urea groups is 1. The SMILES string of the molecule is CCCC1(CNC(=O)N[C@@H](CC)C(=O)O)CC1. The Kier molecular flexibility index (Phi) is 4.78. The molecule has 3 N–H and O–H groups in total. The minimum Gasteiger partial charge on any atom is -0.480 e. The van der Waals surface area contributed by atoms with Crippen LogP contribution in [0.25, 0.3) is 0 Å². The molecule has 1 aliphatic carbocycles. The number of amides is 2. The maximum atomic E-state index is 11.5. The molecule has 0 aromatic heterocycles. The van der Waals surface area contributed by atoms with Gasteiger partial charge in [-0.25, -0.2) is 9.59 Å². The molecule has 98 valence electrons. The van der Waals surface area contributed by atoms with Gasteiger partial charge in [0.2, 0.25) is 0 Å². The number of nitrogens with one attached hydrogen (secondary N) is 2. The van der Waals surface area contributed by atoms with Gasteiger partial charge in [0.15, 0.2) is 0 Å². The molecule has 1 rings (SSSR count). The average molecular weight is 242 g/mol. The molecule has 0 unspecified atom stereocenters. The van der Waals surface area contributed by atoms with Crippen LogP contribution < -0.4 is 10.6 Å². The highest BCUT2D eigenvalue weighted by molar-refractivity contribution is 5.82. The van der Waals surface area contributed by atoms with Crippen molar-refractivity contribution in [1.82, 2.24) is 10.6 Å². The van der Waals surface area contributed by atoms with Gasteiger partial charge in [0.05, 0.1) is 0 Å². The monoisotopic (exact) mass is 242 g/mol. The summed E-state index contributed by atoms with van der Waals surface area (Å²) in [5, 5.41) is 14.0. The van der Waals surface area contributed by atoms with E-state index in [2.05, 4.69) is 17.6 Å². The lowest BCUT2D eigenvalue weighted by Crippen LogP contribution is -2.47. The van der Waals surface area contributed by atoms with Crippen molar-refractivity contribution >= 4 is 12.0 Å². The summed E-state index contributed by atoms with van der Waals surface area (Å²) in [6.07, 6.45) is 4.97. The van der Waals surface area contributed by atoms with E-state index >= 15 is 0 Å². The quantitative estimate of drug-likeness (QED) is 0.636. The number of aliphatic carboxylic acids is 1. The second kappa shape index (κ2) is 5.89. The molecule has 1 fully saturated rings. The van der Waals surface area contributed by atoms with Crippen molar-refractivity contribution in [2.75, 3.05) is 6.54 Å². The van der Waals surface area contributed by atoms with Gasteiger partial charge in [-0.3, -0.25) is 0 Å². The van der Waals surface area contributed by atoms with Crippen molar-refractivity contribution in [3.63, 3.8) is 0 Å². The lowest BCUT2D eigenvalue weighted by Gasteiger charge is -2.17. The molecule has 0 bridgehead atoms. The topological polar surface area (TPSA) is 78.4 Å². The van der Waals surface area contributed by atoms with Gasteiger partial charge in [-0.2, -0.15) is 0 Å². The summed E-state index contributed by atoms with van der Waals surface area (Å²) >= 11 is 0. The highest BCUT2D eigenvalue weighted by Crippen LogP contribution is 2.48. The zero-order chi connectivity index (χ0) is 12.9. The molecule has 0 radical (unpaired) electrons. The van der Waals surface area contributed by atoms with Crippen LogP contribution in [0.5, 0.6) is 0 Å². The van der Waals surface area contributed by atoms with Gasteiger partial charge in [0, 0.05) is 6.54 Å². The molecule has 5 nitrogen and oxygen atoms in total. The molecule has 5 heteroatoms. The van der Waals surface area contributed by atoms with Crippen molar-refractivity contribution in [3.8, 4) is 0 Å². The van der Waals surface area contributed by atoms with Crippen molar-refractivity contribution in [2.45, 2.75) is 52.0 Å². The Bertz CT molecular complexity index is 287. The first-order chi connectivity index (χ1) is 8.03. The number of carboxylic acids is 1. The van der Waals surface area contributed by atoms with Crippen LogP contribution in [0.1, 0.15) is 46.0 Å². The molecular weight excluding hydrogens is 220 g/mol. The van der Waals surface area contributed by atoms with E-state index < -0.39 is 12.0 Å². The predicted octanol–water partition coefficient (Wildman–Crippen LogP) is 1.73. The number of carbonyl (C=O) groups excluding carboxylic acids is 1. The van der Waals surface area contributed by atoms with Gasteiger partial charge >= 0.3 is 12.0 Å². The van der Waals surface area contributed by atoms with E-state index in [4.69, 9.17) is 5.11 Å². The number of carboxylic acid groups (broad SMARTS) is 1. The normalized spacial score (nSPS) is 18.2. The fourth-order valence-corrected chi connectivity index (χ4v) is 2.04. The van der Waals surface area contributed by atoms with Crippen LogP contribution in [0.15, 0.2) is 0 Å². The molecule has 0 saturated heterocycles. The Morgan fingerprint density at radius 3 is 2.41 bits per heavy atom. The molecule has 2 amide bonds. The largest absolute Gasteiger partial charge is 0.480 e. The smallest absolute Gasteiger partial charge is 0.326 e. The van der Waals surface area contributed by atoms with Gasteiger partial charge in [-0.1, -0.05) is 20.3 Å². The van der Waals surface area contributed by atoms with Crippen molar-refractivity contribution in [1.29, 1.82) is 0 Å². The van der Waals surface area contributed by atoms with Crippen LogP contribution >= 0.6 is 0 Å². The Balaban J connectivity index is 2.28. The van der Waals surface area contributed by atoms with Crippen LogP contribution in [0, 0.1) is 5.41 Å². The Morgan fingerprint density at radius 2 is 2.00 bits per heavy atom. The number of hydrogen-bond donors (Lipinski definition) is 3. The average Bonchev–Trinajstić information content (AvgIpc) is 3.04. The highest BCUT2D eigenvalue weighted by Gasteiger charge is 2.41. The van der Waals surface area contributed by atoms with Crippen molar-refractivity contribution in [3.05, 3.63) is 0 Å². The summed E-state index contributed by atoms with van der Waals surface area (Å²) in [4.78, 5) is 22.2. The third kappa shape index (κ3) is 4.24. The van der Waals surface area contributed by atoms with Crippen LogP contribution in [-0.2, 0) is 4.79 Å². The van der Waals surface area contributed by atoms with E-state index in [1.54, 1.807) is 6.92 Å². The molecule has 0 aliphatic heterocycles. The second-order valence-electron chi connectivity index (χ2n) is 4.88. The van der Waals surface area contributed by atoms with Crippen LogP contribution in [0.4, 0.5) is 4.79 Å². The maximum Gasteiger partial charge on any atom is 0.326 e. The molecule has 1 atom stereocenters. The van der Waals surface area contributed by atoms with E-state index in [0.717, 1.165) is 25.7 Å². The van der Waals surface area contributed by atoms with Gasteiger partial charge in [-0.05, 0) is 31.1 Å². The molecule has 0 aromatic rings. The lowest BCUT2D eigenvalue weighted by molar-refractivity contribution is -0.139. The Labute approximate surface area is 102 Å². The minimum absolute atomic E-state index is 0.289. The summed E-state index contributed by atoms with van der Waals surface area (Å²) < 4.78 is 0. The summed E-state index contributed by atoms with van der Waals surface area (Å²) in [6.45, 7) is 4.53. The van der Waals surface area contributed by atoms with Gasteiger partial charge < -0.3 is 15.7 Å². The predicted molar refractivity (Wildman–Crippen MR) is 64.8 cm³/mol. The van der Waals surface area contributed by atoms with Crippen LogP contribution in [-0.4, -0.2) is 29.7 Å². The number of hydrogen-bond acceptors (Lipinski definition) is 2. The molecule has 0 heterocycles. The van der Waals surface area contributed by atoms with E-state index in [1.165, 1.54) is 0 Å². The second-order valence-corrected chi connectivity index (χ2v) is 4.88. The number of carbonyl (C=O) groups is 2. The summed E-state index contributed by atoms with van der Waals surface area (Å²) in [5.41, 5.74) is 0.289. The highest BCUT2D eigenvalue weighted by atomic mass is 16.4. The van der Waals surface area contributed by atoms with Crippen molar-refractivity contribution in [2.24, 2.45) is 5.41 Å². The standard InChI is InChI=1S/C12H22N2O3/c1-3-5-12(6-7-12)8-13-11(17)14-9(4-2)10(15)16/h9H,3-8H2,1-2H3,(H,15,16)(H2,13,14,17)/t9-/m0/s1. The van der Waals surface area contributed by atoms with E-state index in [1.807, 2.05) is 0 Å². The van der Waals surface area contributed by atoms with Gasteiger partial charge in [0.1, 0.15) is 6.04 Å². The summed E-state index contributed by atoms with van der Waals surface area (Å²) in [6, 6.07) is -1.17. The Morgan fingerprint density at radius 1 is 1.35 bits per heavy atom. The maximum absolute atomic E-state index is 11.5. The van der Waals surface area contributed by atoms with Crippen LogP contribution in [0.2, 0.25) is 0 Å². The molecule has 1 saturated carbocycles. The Hall–Kier alpha value is -1.26. The molecule has 0 spiro atoms. The lowest BCUT2D eigenvalue weighted by atomic mass is 10.0. The van der Waals surface area contributed by atoms with E-state index in [0.29, 0.717) is 13.0 Å². The third-order valence-corrected chi connectivity index (χ3v) is 3.37. The van der Waals surface area contributed by atoms with Crippen LogP contribution in [0.3, 0.4) is 0 Å². The molecule has 1 aliphatic rings. The fraction of sp³-hybridized carbons (Fsp3) is 0.833. The van der Waals surface area contributed by atoms with Crippen molar-refractivity contribution < 1.29 is 14.7 Å². The summed E-state index contributed by atoms with van der Waals surface area (Å²) in [7, 11) is 0. The molecular formula is C12H22N2O3. The minimum atomic E-state index is -0.989. The number of rotatable bonds is 7.